The van der Waals surface area contributed by atoms with Gasteiger partial charge in [0.05, 0.1) is 25.8 Å². The molecule has 0 aromatic carbocycles. The second kappa shape index (κ2) is 7.18. The molecule has 1 fully saturated rings. The molecule has 122 valence electrons. The predicted molar refractivity (Wildman–Crippen MR) is 75.3 cm³/mol. The minimum atomic E-state index is -0.890. The van der Waals surface area contributed by atoms with Gasteiger partial charge in [0.15, 0.2) is 11.4 Å². The SMILES string of the molecule is CCOC1(OCC)CNC(=N[N+](=O)[O-])N(Cc2cnco2)C1. The van der Waals surface area contributed by atoms with E-state index in [9.17, 15) is 10.1 Å². The Balaban J connectivity index is 2.21. The van der Waals surface area contributed by atoms with Gasteiger partial charge in [0.25, 0.3) is 5.96 Å². The minimum absolute atomic E-state index is 0.136. The van der Waals surface area contributed by atoms with Crippen LogP contribution in [0.3, 0.4) is 0 Å². The molecular formula is C12H19N5O5. The van der Waals surface area contributed by atoms with E-state index in [0.717, 1.165) is 0 Å². The summed E-state index contributed by atoms with van der Waals surface area (Å²) in [6.07, 6.45) is 2.84. The van der Waals surface area contributed by atoms with Crippen molar-refractivity contribution in [3.05, 3.63) is 28.5 Å². The van der Waals surface area contributed by atoms with Crippen LogP contribution < -0.4 is 5.32 Å². The normalized spacial score (nSPS) is 19.2. The Labute approximate surface area is 127 Å². The van der Waals surface area contributed by atoms with Gasteiger partial charge >= 0.3 is 0 Å². The summed E-state index contributed by atoms with van der Waals surface area (Å²) < 4.78 is 16.6. The molecule has 10 nitrogen and oxygen atoms in total. The first-order valence-corrected chi connectivity index (χ1v) is 6.95. The summed E-state index contributed by atoms with van der Waals surface area (Å²) in [5.41, 5.74) is 0. The number of aromatic nitrogens is 1. The quantitative estimate of drug-likeness (QED) is 0.437. The van der Waals surface area contributed by atoms with Crippen LogP contribution in [0, 0.1) is 10.1 Å². The van der Waals surface area contributed by atoms with Crippen molar-refractivity contribution in [1.82, 2.24) is 15.2 Å². The molecule has 1 aliphatic rings. The zero-order valence-corrected chi connectivity index (χ0v) is 12.5. The molecule has 1 aromatic rings. The van der Waals surface area contributed by atoms with Gasteiger partial charge in [0.1, 0.15) is 10.9 Å². The lowest BCUT2D eigenvalue weighted by molar-refractivity contribution is -0.486. The van der Waals surface area contributed by atoms with E-state index >= 15 is 0 Å². The van der Waals surface area contributed by atoms with Crippen LogP contribution in [-0.4, -0.2) is 53.0 Å². The molecule has 10 heteroatoms. The number of guanidine groups is 1. The highest BCUT2D eigenvalue weighted by Crippen LogP contribution is 2.20. The fourth-order valence-corrected chi connectivity index (χ4v) is 2.32. The first-order chi connectivity index (χ1) is 10.6. The third-order valence-electron chi connectivity index (χ3n) is 3.07. The number of nitro groups is 1. The number of oxazole rings is 1. The Morgan fingerprint density at radius 3 is 2.82 bits per heavy atom. The van der Waals surface area contributed by atoms with E-state index in [0.29, 0.717) is 19.0 Å². The number of nitrogens with zero attached hydrogens (tertiary/aromatic N) is 4. The molecule has 0 spiro atoms. The Hall–Kier alpha value is -2.20. The molecule has 0 saturated carbocycles. The van der Waals surface area contributed by atoms with E-state index in [1.54, 1.807) is 11.1 Å². The van der Waals surface area contributed by atoms with Crippen molar-refractivity contribution < 1.29 is 18.9 Å². The van der Waals surface area contributed by atoms with Gasteiger partial charge in [-0.25, -0.2) is 15.1 Å². The van der Waals surface area contributed by atoms with E-state index in [1.165, 1.54) is 6.39 Å². The average Bonchev–Trinajstić information content (AvgIpc) is 2.95. The van der Waals surface area contributed by atoms with Gasteiger partial charge in [-0.1, -0.05) is 0 Å². The average molecular weight is 313 g/mol. The van der Waals surface area contributed by atoms with Crippen LogP contribution in [0.15, 0.2) is 22.1 Å². The molecule has 1 aliphatic heterocycles. The molecule has 0 radical (unpaired) electrons. The number of ether oxygens (including phenoxy) is 2. The Morgan fingerprint density at radius 1 is 1.55 bits per heavy atom. The summed E-state index contributed by atoms with van der Waals surface area (Å²) in [6.45, 7) is 5.47. The fourth-order valence-electron chi connectivity index (χ4n) is 2.32. The smallest absolute Gasteiger partial charge is 0.272 e. The van der Waals surface area contributed by atoms with E-state index in [-0.39, 0.29) is 25.6 Å². The third kappa shape index (κ3) is 3.92. The zero-order chi connectivity index (χ0) is 16.0. The molecule has 0 aliphatic carbocycles. The highest BCUT2D eigenvalue weighted by atomic mass is 16.7. The van der Waals surface area contributed by atoms with Crippen LogP contribution in [0.2, 0.25) is 0 Å². The maximum Gasteiger partial charge on any atom is 0.272 e. The van der Waals surface area contributed by atoms with Crippen LogP contribution in [0.4, 0.5) is 0 Å². The third-order valence-corrected chi connectivity index (χ3v) is 3.07. The number of nitrogens with one attached hydrogen (secondary N) is 1. The van der Waals surface area contributed by atoms with Gasteiger partial charge in [-0.15, -0.1) is 0 Å². The molecule has 2 rings (SSSR count). The van der Waals surface area contributed by atoms with Crippen molar-refractivity contribution >= 4 is 5.96 Å². The van der Waals surface area contributed by atoms with Gasteiger partial charge in [-0.2, -0.15) is 0 Å². The molecule has 2 heterocycles. The van der Waals surface area contributed by atoms with Crippen molar-refractivity contribution in [2.75, 3.05) is 26.3 Å². The lowest BCUT2D eigenvalue weighted by Crippen LogP contribution is -2.63. The van der Waals surface area contributed by atoms with E-state index in [1.807, 2.05) is 13.8 Å². The summed E-state index contributed by atoms with van der Waals surface area (Å²) >= 11 is 0. The molecule has 0 bridgehead atoms. The second-order valence-corrected chi connectivity index (χ2v) is 4.62. The van der Waals surface area contributed by atoms with Gasteiger partial charge in [0, 0.05) is 13.2 Å². The first kappa shape index (κ1) is 16.2. The summed E-state index contributed by atoms with van der Waals surface area (Å²) in [6, 6.07) is 0. The molecule has 1 aromatic heterocycles. The van der Waals surface area contributed by atoms with Crippen molar-refractivity contribution in [2.45, 2.75) is 26.2 Å². The fraction of sp³-hybridized carbons (Fsp3) is 0.667. The van der Waals surface area contributed by atoms with Gasteiger partial charge < -0.3 is 24.1 Å². The van der Waals surface area contributed by atoms with Crippen molar-refractivity contribution in [3.63, 3.8) is 0 Å². The molecule has 1 N–H and O–H groups in total. The molecular weight excluding hydrogens is 294 g/mol. The zero-order valence-electron chi connectivity index (χ0n) is 12.5. The highest BCUT2D eigenvalue weighted by Gasteiger charge is 2.40. The number of hydrazone groups is 1. The molecule has 0 amide bonds. The maximum atomic E-state index is 10.7. The van der Waals surface area contributed by atoms with Crippen molar-refractivity contribution in [3.8, 4) is 0 Å². The van der Waals surface area contributed by atoms with Crippen molar-refractivity contribution in [1.29, 1.82) is 0 Å². The predicted octanol–water partition coefficient (Wildman–Crippen LogP) is 0.397. The van der Waals surface area contributed by atoms with Crippen LogP contribution in [0.1, 0.15) is 19.6 Å². The number of hydrogen-bond donors (Lipinski definition) is 1. The Morgan fingerprint density at radius 2 is 2.27 bits per heavy atom. The maximum absolute atomic E-state index is 10.7. The van der Waals surface area contributed by atoms with E-state index < -0.39 is 10.8 Å². The molecule has 0 unspecified atom stereocenters. The summed E-state index contributed by atoms with van der Waals surface area (Å²) in [4.78, 5) is 16.2. The summed E-state index contributed by atoms with van der Waals surface area (Å²) in [5, 5.41) is 16.2. The lowest BCUT2D eigenvalue weighted by Gasteiger charge is -2.42. The van der Waals surface area contributed by atoms with Gasteiger partial charge in [-0.3, -0.25) is 0 Å². The van der Waals surface area contributed by atoms with E-state index in [2.05, 4.69) is 15.4 Å². The number of hydrogen-bond acceptors (Lipinski definition) is 6. The largest absolute Gasteiger partial charge is 0.447 e. The molecule has 22 heavy (non-hydrogen) atoms. The standard InChI is InChI=1S/C12H19N5O5/c1-3-21-12(22-4-2)7-14-11(15-17(18)19)16(8-12)6-10-5-13-9-20-10/h5,9H,3-4,6-8H2,1-2H3,(H,14,15). The lowest BCUT2D eigenvalue weighted by atomic mass is 10.2. The van der Waals surface area contributed by atoms with Crippen molar-refractivity contribution in [2.24, 2.45) is 5.10 Å². The monoisotopic (exact) mass is 313 g/mol. The van der Waals surface area contributed by atoms with Crippen LogP contribution >= 0.6 is 0 Å². The molecule has 0 atom stereocenters. The summed E-state index contributed by atoms with van der Waals surface area (Å²) in [7, 11) is 0. The van der Waals surface area contributed by atoms with Gasteiger partial charge in [0.2, 0.25) is 5.79 Å². The van der Waals surface area contributed by atoms with Gasteiger partial charge in [-0.05, 0) is 13.8 Å². The van der Waals surface area contributed by atoms with Crippen LogP contribution in [-0.2, 0) is 16.0 Å². The molecule has 1 saturated heterocycles. The van der Waals surface area contributed by atoms with E-state index in [4.69, 9.17) is 13.9 Å². The summed E-state index contributed by atoms with van der Waals surface area (Å²) in [5.74, 6) is -0.197. The number of rotatable bonds is 7. The Kier molecular flexibility index (Phi) is 5.28. The topological polar surface area (TPSA) is 115 Å². The second-order valence-electron chi connectivity index (χ2n) is 4.62. The highest BCUT2D eigenvalue weighted by molar-refractivity contribution is 5.80. The Bertz CT molecular complexity index is 512. The first-order valence-electron chi connectivity index (χ1n) is 6.95. The van der Waals surface area contributed by atoms with Crippen LogP contribution in [0.25, 0.3) is 0 Å². The van der Waals surface area contributed by atoms with Crippen LogP contribution in [0.5, 0.6) is 0 Å². The minimum Gasteiger partial charge on any atom is -0.447 e.